The fraction of sp³-hybridized carbons (Fsp3) is 0.250. The van der Waals surface area contributed by atoms with Crippen LogP contribution in [0.1, 0.15) is 29.9 Å². The molecule has 0 aromatic heterocycles. The van der Waals surface area contributed by atoms with Crippen LogP contribution in [-0.2, 0) is 6.61 Å². The molecule has 0 atom stereocenters. The van der Waals surface area contributed by atoms with Gasteiger partial charge in [-0.25, -0.2) is 0 Å². The van der Waals surface area contributed by atoms with E-state index in [2.05, 4.69) is 24.3 Å². The molecule has 0 radical (unpaired) electrons. The van der Waals surface area contributed by atoms with Crippen molar-refractivity contribution in [3.8, 4) is 5.75 Å². The maximum Gasteiger partial charge on any atom is 0.122 e. The standard InChI is InChI=1S/C16H17NO/c17-15-8-14(13-6-7-13)9-16(10-15)18-11-12-4-2-1-3-5-12/h1-5,8-10,13H,6-7,11,17H2. The van der Waals surface area contributed by atoms with Crippen molar-refractivity contribution in [2.45, 2.75) is 25.4 Å². The number of hydrogen-bond donors (Lipinski definition) is 1. The molecule has 1 aliphatic rings. The highest BCUT2D eigenvalue weighted by Crippen LogP contribution is 2.42. The minimum atomic E-state index is 0.592. The van der Waals surface area contributed by atoms with Gasteiger partial charge in [0.2, 0.25) is 0 Å². The first-order valence-electron chi connectivity index (χ1n) is 6.38. The van der Waals surface area contributed by atoms with Gasteiger partial charge in [0.25, 0.3) is 0 Å². The summed E-state index contributed by atoms with van der Waals surface area (Å²) in [5.74, 6) is 1.58. The molecule has 1 aliphatic carbocycles. The van der Waals surface area contributed by atoms with E-state index in [1.165, 1.54) is 24.0 Å². The van der Waals surface area contributed by atoms with Crippen LogP contribution in [0.5, 0.6) is 5.75 Å². The van der Waals surface area contributed by atoms with Crippen molar-refractivity contribution in [3.63, 3.8) is 0 Å². The lowest BCUT2D eigenvalue weighted by molar-refractivity contribution is 0.306. The first-order chi connectivity index (χ1) is 8.81. The molecule has 92 valence electrons. The third-order valence-electron chi connectivity index (χ3n) is 3.25. The smallest absolute Gasteiger partial charge is 0.122 e. The number of anilines is 1. The van der Waals surface area contributed by atoms with E-state index in [4.69, 9.17) is 10.5 Å². The zero-order valence-electron chi connectivity index (χ0n) is 10.3. The van der Waals surface area contributed by atoms with Gasteiger partial charge in [-0.1, -0.05) is 30.3 Å². The van der Waals surface area contributed by atoms with Crippen molar-refractivity contribution in [2.24, 2.45) is 0 Å². The SMILES string of the molecule is Nc1cc(OCc2ccccc2)cc(C2CC2)c1. The Morgan fingerprint density at radius 1 is 1.06 bits per heavy atom. The number of nitrogens with two attached hydrogens (primary N) is 1. The van der Waals surface area contributed by atoms with Crippen molar-refractivity contribution < 1.29 is 4.74 Å². The minimum absolute atomic E-state index is 0.592. The average molecular weight is 239 g/mol. The Morgan fingerprint density at radius 2 is 1.83 bits per heavy atom. The minimum Gasteiger partial charge on any atom is -0.489 e. The van der Waals surface area contributed by atoms with Crippen molar-refractivity contribution in [2.75, 3.05) is 5.73 Å². The largest absolute Gasteiger partial charge is 0.489 e. The van der Waals surface area contributed by atoms with Crippen LogP contribution >= 0.6 is 0 Å². The summed E-state index contributed by atoms with van der Waals surface area (Å²) in [6, 6.07) is 16.3. The van der Waals surface area contributed by atoms with E-state index in [0.29, 0.717) is 12.5 Å². The first kappa shape index (κ1) is 11.1. The van der Waals surface area contributed by atoms with E-state index in [1.54, 1.807) is 0 Å². The average Bonchev–Trinajstić information content (AvgIpc) is 3.21. The molecule has 2 nitrogen and oxygen atoms in total. The lowest BCUT2D eigenvalue weighted by Gasteiger charge is -2.09. The highest BCUT2D eigenvalue weighted by atomic mass is 16.5. The quantitative estimate of drug-likeness (QED) is 0.825. The van der Waals surface area contributed by atoms with Gasteiger partial charge in [0.05, 0.1) is 0 Å². The summed E-state index contributed by atoms with van der Waals surface area (Å²) in [7, 11) is 0. The summed E-state index contributed by atoms with van der Waals surface area (Å²) in [5, 5.41) is 0. The highest BCUT2D eigenvalue weighted by Gasteiger charge is 2.24. The number of rotatable bonds is 4. The Balaban J connectivity index is 1.72. The topological polar surface area (TPSA) is 35.2 Å². The van der Waals surface area contributed by atoms with Crippen molar-refractivity contribution in [1.29, 1.82) is 0 Å². The molecule has 0 bridgehead atoms. The van der Waals surface area contributed by atoms with Gasteiger partial charge < -0.3 is 10.5 Å². The van der Waals surface area contributed by atoms with Gasteiger partial charge in [-0.15, -0.1) is 0 Å². The molecule has 2 heteroatoms. The van der Waals surface area contributed by atoms with Crippen LogP contribution in [0, 0.1) is 0 Å². The summed E-state index contributed by atoms with van der Waals surface area (Å²) in [4.78, 5) is 0. The summed E-state index contributed by atoms with van der Waals surface area (Å²) in [6.07, 6.45) is 2.56. The van der Waals surface area contributed by atoms with E-state index < -0.39 is 0 Å². The normalized spacial score (nSPS) is 14.4. The second-order valence-electron chi connectivity index (χ2n) is 4.88. The Bertz CT molecular complexity index is 532. The molecule has 0 spiro atoms. The van der Waals surface area contributed by atoms with Crippen LogP contribution in [0.15, 0.2) is 48.5 Å². The van der Waals surface area contributed by atoms with Gasteiger partial charge in [-0.3, -0.25) is 0 Å². The lowest BCUT2D eigenvalue weighted by atomic mass is 10.1. The Kier molecular flexibility index (Phi) is 2.93. The Labute approximate surface area is 107 Å². The molecule has 0 amide bonds. The molecule has 0 saturated heterocycles. The third kappa shape index (κ3) is 2.65. The van der Waals surface area contributed by atoms with Crippen LogP contribution in [0.2, 0.25) is 0 Å². The fourth-order valence-electron chi connectivity index (χ4n) is 2.12. The van der Waals surface area contributed by atoms with Crippen LogP contribution in [0.25, 0.3) is 0 Å². The highest BCUT2D eigenvalue weighted by molar-refractivity contribution is 5.49. The van der Waals surface area contributed by atoms with Crippen LogP contribution in [-0.4, -0.2) is 0 Å². The van der Waals surface area contributed by atoms with Crippen molar-refractivity contribution in [3.05, 3.63) is 59.7 Å². The molecule has 18 heavy (non-hydrogen) atoms. The van der Waals surface area contributed by atoms with Gasteiger partial charge in [0.15, 0.2) is 0 Å². The van der Waals surface area contributed by atoms with E-state index >= 15 is 0 Å². The van der Waals surface area contributed by atoms with Crippen molar-refractivity contribution >= 4 is 5.69 Å². The molecule has 2 aromatic rings. The van der Waals surface area contributed by atoms with Gasteiger partial charge in [0.1, 0.15) is 12.4 Å². The van der Waals surface area contributed by atoms with Crippen LogP contribution < -0.4 is 10.5 Å². The number of ether oxygens (including phenoxy) is 1. The molecule has 1 saturated carbocycles. The molecule has 3 rings (SSSR count). The van der Waals surface area contributed by atoms with E-state index in [0.717, 1.165) is 11.4 Å². The van der Waals surface area contributed by atoms with Crippen molar-refractivity contribution in [1.82, 2.24) is 0 Å². The van der Waals surface area contributed by atoms with Gasteiger partial charge in [0, 0.05) is 11.8 Å². The molecular weight excluding hydrogens is 222 g/mol. The summed E-state index contributed by atoms with van der Waals surface area (Å²) in [6.45, 7) is 0.592. The van der Waals surface area contributed by atoms with Crippen LogP contribution in [0.3, 0.4) is 0 Å². The fourth-order valence-corrected chi connectivity index (χ4v) is 2.12. The zero-order valence-corrected chi connectivity index (χ0v) is 10.3. The summed E-state index contributed by atoms with van der Waals surface area (Å²) < 4.78 is 5.81. The zero-order chi connectivity index (χ0) is 12.4. The first-order valence-corrected chi connectivity index (χ1v) is 6.38. The van der Waals surface area contributed by atoms with E-state index in [1.807, 2.05) is 24.3 Å². The number of benzene rings is 2. The number of nitrogen functional groups attached to an aromatic ring is 1. The second kappa shape index (κ2) is 4.73. The molecule has 1 fully saturated rings. The maximum atomic E-state index is 5.91. The van der Waals surface area contributed by atoms with Gasteiger partial charge in [-0.05, 0) is 42.0 Å². The lowest BCUT2D eigenvalue weighted by Crippen LogP contribution is -1.97. The Hall–Kier alpha value is -1.96. The molecule has 0 aliphatic heterocycles. The summed E-state index contributed by atoms with van der Waals surface area (Å²) >= 11 is 0. The monoisotopic (exact) mass is 239 g/mol. The molecule has 0 heterocycles. The Morgan fingerprint density at radius 3 is 2.56 bits per heavy atom. The molecular formula is C16H17NO. The van der Waals surface area contributed by atoms with Crippen LogP contribution in [0.4, 0.5) is 5.69 Å². The predicted octanol–water partition coefficient (Wildman–Crippen LogP) is 3.73. The third-order valence-corrected chi connectivity index (χ3v) is 3.25. The van der Waals surface area contributed by atoms with Gasteiger partial charge in [-0.2, -0.15) is 0 Å². The maximum absolute atomic E-state index is 5.91. The second-order valence-corrected chi connectivity index (χ2v) is 4.88. The molecule has 2 N–H and O–H groups in total. The molecule has 0 unspecified atom stereocenters. The summed E-state index contributed by atoms with van der Waals surface area (Å²) in [5.41, 5.74) is 9.20. The molecule has 2 aromatic carbocycles. The van der Waals surface area contributed by atoms with E-state index in [9.17, 15) is 0 Å². The number of hydrogen-bond acceptors (Lipinski definition) is 2. The predicted molar refractivity (Wildman–Crippen MR) is 73.6 cm³/mol. The van der Waals surface area contributed by atoms with E-state index in [-0.39, 0.29) is 0 Å². The van der Waals surface area contributed by atoms with Gasteiger partial charge >= 0.3 is 0 Å².